The molecule has 0 amide bonds. The summed E-state index contributed by atoms with van der Waals surface area (Å²) in [5.74, 6) is -1.50. The number of benzene rings is 1. The SMILES string of the molecule is O=C(Oc1ccccc1)C(=O)OC1CCCCC1. The predicted octanol–water partition coefficient (Wildman–Crippen LogP) is 2.47. The van der Waals surface area contributed by atoms with E-state index < -0.39 is 11.9 Å². The molecule has 0 aliphatic heterocycles. The molecule has 1 fully saturated rings. The fraction of sp³-hybridized carbons (Fsp3) is 0.429. The molecule has 4 heteroatoms. The van der Waals surface area contributed by atoms with Crippen LogP contribution in [-0.4, -0.2) is 18.0 Å². The minimum Gasteiger partial charge on any atom is -0.454 e. The highest BCUT2D eigenvalue weighted by molar-refractivity contribution is 6.30. The third-order valence-corrected chi connectivity index (χ3v) is 2.95. The first-order valence-corrected chi connectivity index (χ1v) is 6.23. The molecule has 1 saturated carbocycles. The van der Waals surface area contributed by atoms with E-state index in [1.54, 1.807) is 30.3 Å². The Hall–Kier alpha value is -1.84. The molecule has 0 bridgehead atoms. The fourth-order valence-electron chi connectivity index (χ4n) is 2.02. The van der Waals surface area contributed by atoms with Crippen LogP contribution >= 0.6 is 0 Å². The van der Waals surface area contributed by atoms with Gasteiger partial charge in [-0.25, -0.2) is 9.59 Å². The first-order valence-electron chi connectivity index (χ1n) is 6.23. The molecule has 2 rings (SSSR count). The lowest BCUT2D eigenvalue weighted by Gasteiger charge is -2.21. The zero-order chi connectivity index (χ0) is 12.8. The van der Waals surface area contributed by atoms with Gasteiger partial charge in [0, 0.05) is 0 Å². The highest BCUT2D eigenvalue weighted by Gasteiger charge is 2.24. The first kappa shape index (κ1) is 12.6. The van der Waals surface area contributed by atoms with E-state index in [1.807, 2.05) is 0 Å². The quantitative estimate of drug-likeness (QED) is 0.458. The van der Waals surface area contributed by atoms with E-state index in [1.165, 1.54) is 6.42 Å². The highest BCUT2D eigenvalue weighted by atomic mass is 16.6. The van der Waals surface area contributed by atoms with Crippen molar-refractivity contribution < 1.29 is 19.1 Å². The van der Waals surface area contributed by atoms with Crippen molar-refractivity contribution >= 4 is 11.9 Å². The van der Waals surface area contributed by atoms with Crippen molar-refractivity contribution in [3.05, 3.63) is 30.3 Å². The van der Waals surface area contributed by atoms with E-state index in [-0.39, 0.29) is 6.10 Å². The van der Waals surface area contributed by atoms with Crippen LogP contribution in [0.4, 0.5) is 0 Å². The Balaban J connectivity index is 1.83. The summed E-state index contributed by atoms with van der Waals surface area (Å²) in [6.45, 7) is 0. The van der Waals surface area contributed by atoms with Gasteiger partial charge in [-0.3, -0.25) is 0 Å². The van der Waals surface area contributed by atoms with Gasteiger partial charge in [0.1, 0.15) is 11.9 Å². The van der Waals surface area contributed by atoms with Crippen LogP contribution in [0.1, 0.15) is 32.1 Å². The second-order valence-corrected chi connectivity index (χ2v) is 4.37. The minimum atomic E-state index is -0.952. The third kappa shape index (κ3) is 3.58. The number of hydrogen-bond donors (Lipinski definition) is 0. The van der Waals surface area contributed by atoms with Crippen LogP contribution in [-0.2, 0) is 14.3 Å². The second-order valence-electron chi connectivity index (χ2n) is 4.37. The summed E-state index contributed by atoms with van der Waals surface area (Å²) in [5.41, 5.74) is 0. The summed E-state index contributed by atoms with van der Waals surface area (Å²) in [4.78, 5) is 23.0. The average molecular weight is 248 g/mol. The van der Waals surface area contributed by atoms with Crippen molar-refractivity contribution in [3.63, 3.8) is 0 Å². The monoisotopic (exact) mass is 248 g/mol. The van der Waals surface area contributed by atoms with E-state index in [0.29, 0.717) is 5.75 Å². The van der Waals surface area contributed by atoms with Crippen LogP contribution in [0.15, 0.2) is 30.3 Å². The standard InChI is InChI=1S/C14H16O4/c15-13(17-11-7-3-1-4-8-11)14(16)18-12-9-5-2-6-10-12/h1,3-4,7-8,12H,2,5-6,9-10H2. The van der Waals surface area contributed by atoms with Gasteiger partial charge >= 0.3 is 11.9 Å². The van der Waals surface area contributed by atoms with E-state index in [4.69, 9.17) is 9.47 Å². The van der Waals surface area contributed by atoms with Crippen LogP contribution in [0.2, 0.25) is 0 Å². The van der Waals surface area contributed by atoms with Crippen molar-refractivity contribution in [1.29, 1.82) is 0 Å². The molecule has 0 radical (unpaired) electrons. The number of ether oxygens (including phenoxy) is 2. The predicted molar refractivity (Wildman–Crippen MR) is 65.0 cm³/mol. The second kappa shape index (κ2) is 6.19. The molecule has 0 aromatic heterocycles. The third-order valence-electron chi connectivity index (χ3n) is 2.95. The van der Waals surface area contributed by atoms with Crippen molar-refractivity contribution in [2.75, 3.05) is 0 Å². The maximum absolute atomic E-state index is 11.5. The van der Waals surface area contributed by atoms with Gasteiger partial charge < -0.3 is 9.47 Å². The smallest absolute Gasteiger partial charge is 0.422 e. The number of para-hydroxylation sites is 1. The molecule has 1 aliphatic rings. The number of carbonyl (C=O) groups excluding carboxylic acids is 2. The van der Waals surface area contributed by atoms with Gasteiger partial charge in [0.05, 0.1) is 0 Å². The zero-order valence-corrected chi connectivity index (χ0v) is 10.1. The minimum absolute atomic E-state index is 0.130. The number of hydrogen-bond acceptors (Lipinski definition) is 4. The lowest BCUT2D eigenvalue weighted by atomic mass is 9.98. The van der Waals surface area contributed by atoms with Crippen molar-refractivity contribution in [2.24, 2.45) is 0 Å². The largest absolute Gasteiger partial charge is 0.454 e. The summed E-state index contributed by atoms with van der Waals surface area (Å²) < 4.78 is 10.0. The molecule has 0 spiro atoms. The van der Waals surface area contributed by atoms with Crippen molar-refractivity contribution in [3.8, 4) is 5.75 Å². The number of esters is 2. The maximum atomic E-state index is 11.5. The average Bonchev–Trinajstić information content (AvgIpc) is 2.41. The van der Waals surface area contributed by atoms with Crippen LogP contribution in [0.5, 0.6) is 5.75 Å². The Bertz CT molecular complexity index is 407. The van der Waals surface area contributed by atoms with Crippen molar-refractivity contribution in [1.82, 2.24) is 0 Å². The molecule has 4 nitrogen and oxygen atoms in total. The number of carbonyl (C=O) groups is 2. The number of rotatable bonds is 2. The molecule has 1 aromatic carbocycles. The van der Waals surface area contributed by atoms with E-state index in [0.717, 1.165) is 25.7 Å². The van der Waals surface area contributed by atoms with E-state index in [2.05, 4.69) is 0 Å². The summed E-state index contributed by atoms with van der Waals surface area (Å²) in [6.07, 6.45) is 4.81. The van der Waals surface area contributed by atoms with Gasteiger partial charge in [-0.05, 0) is 37.8 Å². The molecule has 18 heavy (non-hydrogen) atoms. The normalized spacial score (nSPS) is 16.0. The molecular weight excluding hydrogens is 232 g/mol. The van der Waals surface area contributed by atoms with E-state index >= 15 is 0 Å². The van der Waals surface area contributed by atoms with Crippen molar-refractivity contribution in [2.45, 2.75) is 38.2 Å². The van der Waals surface area contributed by atoms with Gasteiger partial charge in [-0.1, -0.05) is 24.6 Å². The highest BCUT2D eigenvalue weighted by Crippen LogP contribution is 2.20. The Kier molecular flexibility index (Phi) is 4.34. The molecule has 96 valence electrons. The Morgan fingerprint density at radius 2 is 1.61 bits per heavy atom. The van der Waals surface area contributed by atoms with Gasteiger partial charge in [-0.2, -0.15) is 0 Å². The molecule has 1 aliphatic carbocycles. The summed E-state index contributed by atoms with van der Waals surface area (Å²) in [7, 11) is 0. The van der Waals surface area contributed by atoms with Gasteiger partial charge in [0.15, 0.2) is 0 Å². The molecule has 0 heterocycles. The summed E-state index contributed by atoms with van der Waals surface area (Å²) >= 11 is 0. The summed E-state index contributed by atoms with van der Waals surface area (Å²) in [6, 6.07) is 8.50. The summed E-state index contributed by atoms with van der Waals surface area (Å²) in [5, 5.41) is 0. The molecular formula is C14H16O4. The molecule has 0 atom stereocenters. The zero-order valence-electron chi connectivity index (χ0n) is 10.1. The Morgan fingerprint density at radius 3 is 2.28 bits per heavy atom. The first-order chi connectivity index (χ1) is 8.75. The lowest BCUT2D eigenvalue weighted by molar-refractivity contribution is -0.166. The molecule has 0 saturated heterocycles. The Labute approximate surface area is 106 Å². The molecule has 0 unspecified atom stereocenters. The topological polar surface area (TPSA) is 52.6 Å². The van der Waals surface area contributed by atoms with Crippen LogP contribution < -0.4 is 4.74 Å². The van der Waals surface area contributed by atoms with Gasteiger partial charge in [-0.15, -0.1) is 0 Å². The van der Waals surface area contributed by atoms with Crippen LogP contribution in [0.25, 0.3) is 0 Å². The van der Waals surface area contributed by atoms with Gasteiger partial charge in [0.25, 0.3) is 0 Å². The van der Waals surface area contributed by atoms with Gasteiger partial charge in [0.2, 0.25) is 0 Å². The van der Waals surface area contributed by atoms with Crippen LogP contribution in [0, 0.1) is 0 Å². The maximum Gasteiger partial charge on any atom is 0.422 e. The molecule has 1 aromatic rings. The fourth-order valence-corrected chi connectivity index (χ4v) is 2.02. The molecule has 0 N–H and O–H groups in total. The lowest BCUT2D eigenvalue weighted by Crippen LogP contribution is -2.29. The Morgan fingerprint density at radius 1 is 0.944 bits per heavy atom. The van der Waals surface area contributed by atoms with Crippen LogP contribution in [0.3, 0.4) is 0 Å². The van der Waals surface area contributed by atoms with E-state index in [9.17, 15) is 9.59 Å².